The van der Waals surface area contributed by atoms with Crippen LogP contribution in [0.2, 0.25) is 0 Å². The molecule has 0 radical (unpaired) electrons. The maximum absolute atomic E-state index is 12.3. The van der Waals surface area contributed by atoms with Gasteiger partial charge in [0.2, 0.25) is 5.91 Å². The van der Waals surface area contributed by atoms with E-state index in [0.29, 0.717) is 18.2 Å². The number of carbonyl (C=O) groups is 2. The van der Waals surface area contributed by atoms with E-state index < -0.39 is 0 Å². The van der Waals surface area contributed by atoms with Crippen LogP contribution < -0.4 is 5.32 Å². The maximum atomic E-state index is 12.3. The van der Waals surface area contributed by atoms with Gasteiger partial charge in [-0.3, -0.25) is 9.59 Å². The van der Waals surface area contributed by atoms with Gasteiger partial charge in [0.05, 0.1) is 17.0 Å². The molecule has 27 heavy (non-hydrogen) atoms. The average Bonchev–Trinajstić information content (AvgIpc) is 3.32. The monoisotopic (exact) mass is 387 g/mol. The van der Waals surface area contributed by atoms with E-state index in [-0.39, 0.29) is 17.7 Å². The second kappa shape index (κ2) is 8.25. The third kappa shape index (κ3) is 4.24. The van der Waals surface area contributed by atoms with Gasteiger partial charge in [-0.1, -0.05) is 6.42 Å². The van der Waals surface area contributed by atoms with E-state index in [9.17, 15) is 9.59 Å². The summed E-state index contributed by atoms with van der Waals surface area (Å²) in [5, 5.41) is 6.28. The number of nitrogens with one attached hydrogen (secondary N) is 1. The first-order valence-corrected chi connectivity index (χ1v) is 10.6. The van der Waals surface area contributed by atoms with Gasteiger partial charge in [0.25, 0.3) is 5.91 Å². The number of rotatable bonds is 6. The highest BCUT2D eigenvalue weighted by molar-refractivity contribution is 7.09. The van der Waals surface area contributed by atoms with Crippen molar-refractivity contribution < 1.29 is 14.0 Å². The van der Waals surface area contributed by atoms with Crippen molar-refractivity contribution in [3.8, 4) is 0 Å². The van der Waals surface area contributed by atoms with E-state index in [4.69, 9.17) is 9.40 Å². The van der Waals surface area contributed by atoms with Crippen LogP contribution >= 0.6 is 11.3 Å². The van der Waals surface area contributed by atoms with Crippen LogP contribution in [0, 0.1) is 5.92 Å². The summed E-state index contributed by atoms with van der Waals surface area (Å²) in [5.74, 6) is 1.23. The zero-order valence-corrected chi connectivity index (χ0v) is 16.2. The highest BCUT2D eigenvalue weighted by atomic mass is 32.1. The molecule has 0 unspecified atom stereocenters. The zero-order valence-electron chi connectivity index (χ0n) is 15.4. The van der Waals surface area contributed by atoms with Crippen molar-refractivity contribution >= 4 is 23.2 Å². The molecular formula is C20H25N3O3S. The van der Waals surface area contributed by atoms with Gasteiger partial charge < -0.3 is 14.6 Å². The van der Waals surface area contributed by atoms with Gasteiger partial charge >= 0.3 is 0 Å². The van der Waals surface area contributed by atoms with Crippen molar-refractivity contribution in [2.45, 2.75) is 44.4 Å². The van der Waals surface area contributed by atoms with Crippen LogP contribution in [-0.2, 0) is 11.2 Å². The van der Waals surface area contributed by atoms with Gasteiger partial charge in [0.15, 0.2) is 5.76 Å². The molecule has 2 aliphatic rings. The van der Waals surface area contributed by atoms with Crippen molar-refractivity contribution in [2.75, 3.05) is 19.6 Å². The Bertz CT molecular complexity index is 774. The molecule has 2 aromatic heterocycles. The van der Waals surface area contributed by atoms with Crippen molar-refractivity contribution in [1.29, 1.82) is 0 Å². The number of likely N-dealkylation sites (tertiary alicyclic amines) is 1. The summed E-state index contributed by atoms with van der Waals surface area (Å²) in [6.45, 7) is 2.13. The highest BCUT2D eigenvalue weighted by Gasteiger charge is 2.27. The first-order chi connectivity index (χ1) is 13.2. The number of aromatic nitrogens is 1. The first kappa shape index (κ1) is 18.2. The number of hydrogen-bond donors (Lipinski definition) is 1. The Morgan fingerprint density at radius 3 is 2.74 bits per heavy atom. The van der Waals surface area contributed by atoms with Crippen molar-refractivity contribution in [3.05, 3.63) is 40.2 Å². The topological polar surface area (TPSA) is 75.4 Å². The maximum Gasteiger partial charge on any atom is 0.289 e. The van der Waals surface area contributed by atoms with E-state index in [0.717, 1.165) is 55.9 Å². The molecule has 0 spiro atoms. The molecule has 2 amide bonds. The summed E-state index contributed by atoms with van der Waals surface area (Å²) in [4.78, 5) is 30.8. The smallest absolute Gasteiger partial charge is 0.289 e. The summed E-state index contributed by atoms with van der Waals surface area (Å²) in [6, 6.07) is 3.46. The molecule has 2 aromatic rings. The molecule has 3 heterocycles. The third-order valence-electron chi connectivity index (χ3n) is 5.59. The van der Waals surface area contributed by atoms with E-state index in [1.54, 1.807) is 23.5 Å². The lowest BCUT2D eigenvalue weighted by Crippen LogP contribution is -2.37. The standard InChI is InChI=1S/C20H25N3O3S/c24-18(14-3-1-4-14)21-9-6-16-13-27-19(22-16)15-7-10-23(11-8-15)20(25)17-5-2-12-26-17/h2,5,12-15H,1,3-4,6-11H2,(H,21,24). The van der Waals surface area contributed by atoms with Crippen LogP contribution in [0.25, 0.3) is 0 Å². The third-order valence-corrected chi connectivity index (χ3v) is 6.65. The fourth-order valence-corrected chi connectivity index (χ4v) is 4.66. The van der Waals surface area contributed by atoms with Crippen LogP contribution in [0.5, 0.6) is 0 Å². The van der Waals surface area contributed by atoms with Gasteiger partial charge in [-0.05, 0) is 37.8 Å². The fraction of sp³-hybridized carbons (Fsp3) is 0.550. The minimum absolute atomic E-state index is 0.0273. The molecule has 1 aliphatic heterocycles. The van der Waals surface area contributed by atoms with Crippen LogP contribution in [0.3, 0.4) is 0 Å². The summed E-state index contributed by atoms with van der Waals surface area (Å²) in [5.41, 5.74) is 1.05. The number of piperidine rings is 1. The lowest BCUT2D eigenvalue weighted by atomic mass is 9.85. The molecular weight excluding hydrogens is 362 g/mol. The fourth-order valence-electron chi connectivity index (χ4n) is 3.64. The average molecular weight is 388 g/mol. The Hall–Kier alpha value is -2.15. The molecule has 1 N–H and O–H groups in total. The zero-order chi connectivity index (χ0) is 18.6. The van der Waals surface area contributed by atoms with Gasteiger partial charge in [-0.2, -0.15) is 0 Å². The number of carbonyl (C=O) groups excluding carboxylic acids is 2. The Labute approximate surface area is 163 Å². The Morgan fingerprint density at radius 2 is 2.07 bits per heavy atom. The quantitative estimate of drug-likeness (QED) is 0.826. The van der Waals surface area contributed by atoms with Gasteiger partial charge in [-0.15, -0.1) is 11.3 Å². The lowest BCUT2D eigenvalue weighted by Gasteiger charge is -2.30. The van der Waals surface area contributed by atoms with Crippen LogP contribution in [0.15, 0.2) is 28.2 Å². The van der Waals surface area contributed by atoms with E-state index in [2.05, 4.69) is 10.7 Å². The minimum atomic E-state index is -0.0273. The summed E-state index contributed by atoms with van der Waals surface area (Å²) >= 11 is 1.70. The van der Waals surface area contributed by atoms with E-state index in [1.165, 1.54) is 12.7 Å². The largest absolute Gasteiger partial charge is 0.459 e. The van der Waals surface area contributed by atoms with Gasteiger partial charge in [0.1, 0.15) is 0 Å². The molecule has 0 aromatic carbocycles. The number of nitrogens with zero attached hydrogens (tertiary/aromatic N) is 2. The number of amides is 2. The molecule has 144 valence electrons. The van der Waals surface area contributed by atoms with E-state index in [1.807, 2.05) is 4.90 Å². The van der Waals surface area contributed by atoms with Crippen LogP contribution in [0.1, 0.15) is 59.3 Å². The van der Waals surface area contributed by atoms with Crippen molar-refractivity contribution in [3.63, 3.8) is 0 Å². The Balaban J connectivity index is 1.23. The summed E-state index contributed by atoms with van der Waals surface area (Å²) < 4.78 is 5.21. The van der Waals surface area contributed by atoms with Crippen LogP contribution in [0.4, 0.5) is 0 Å². The van der Waals surface area contributed by atoms with Crippen molar-refractivity contribution in [2.24, 2.45) is 5.92 Å². The summed E-state index contributed by atoms with van der Waals surface area (Å²) in [7, 11) is 0. The first-order valence-electron chi connectivity index (χ1n) is 9.75. The minimum Gasteiger partial charge on any atom is -0.459 e. The highest BCUT2D eigenvalue weighted by Crippen LogP contribution is 2.31. The predicted molar refractivity (Wildman–Crippen MR) is 103 cm³/mol. The number of furan rings is 1. The molecule has 4 rings (SSSR count). The molecule has 6 nitrogen and oxygen atoms in total. The molecule has 0 bridgehead atoms. The van der Waals surface area contributed by atoms with Crippen molar-refractivity contribution in [1.82, 2.24) is 15.2 Å². The van der Waals surface area contributed by atoms with Gasteiger partial charge in [0, 0.05) is 43.3 Å². The molecule has 2 fully saturated rings. The van der Waals surface area contributed by atoms with Crippen LogP contribution in [-0.4, -0.2) is 41.3 Å². The number of hydrogen-bond acceptors (Lipinski definition) is 5. The van der Waals surface area contributed by atoms with Gasteiger partial charge in [-0.25, -0.2) is 4.98 Å². The lowest BCUT2D eigenvalue weighted by molar-refractivity contribution is -0.127. The molecule has 1 saturated carbocycles. The summed E-state index contributed by atoms with van der Waals surface area (Å²) in [6.07, 6.45) is 7.42. The Morgan fingerprint density at radius 1 is 1.26 bits per heavy atom. The number of thiazole rings is 1. The van der Waals surface area contributed by atoms with E-state index >= 15 is 0 Å². The second-order valence-corrected chi connectivity index (χ2v) is 8.28. The normalized spacial score (nSPS) is 18.3. The molecule has 0 atom stereocenters. The SMILES string of the molecule is O=C(NCCc1csc(C2CCN(C(=O)c3ccco3)CC2)n1)C1CCC1. The molecule has 1 aliphatic carbocycles. The molecule has 1 saturated heterocycles. The predicted octanol–water partition coefficient (Wildman–Crippen LogP) is 3.21. The second-order valence-electron chi connectivity index (χ2n) is 7.39. The Kier molecular flexibility index (Phi) is 5.57. The molecule has 7 heteroatoms.